The first kappa shape index (κ1) is 19.9. The molecule has 0 aliphatic carbocycles. The van der Waals surface area contributed by atoms with E-state index in [1.165, 1.54) is 19.3 Å². The lowest BCUT2D eigenvalue weighted by molar-refractivity contribution is -0.148. The van der Waals surface area contributed by atoms with Crippen molar-refractivity contribution in [3.63, 3.8) is 0 Å². The Morgan fingerprint density at radius 2 is 1.96 bits per heavy atom. The second-order valence-corrected chi connectivity index (χ2v) is 7.73. The van der Waals surface area contributed by atoms with Gasteiger partial charge in [0.15, 0.2) is 0 Å². The molecule has 2 heterocycles. The third-order valence-electron chi connectivity index (χ3n) is 5.88. The van der Waals surface area contributed by atoms with Gasteiger partial charge in [0, 0.05) is 32.2 Å². The number of ether oxygens (including phenoxy) is 1. The molecular weight excluding hydrogens is 346 g/mol. The first-order valence-corrected chi connectivity index (χ1v) is 10.3. The minimum atomic E-state index is -0.437. The fraction of sp³-hybridized carbons (Fsp3) is 0.750. The highest BCUT2D eigenvalue weighted by Gasteiger charge is 2.32. The summed E-state index contributed by atoms with van der Waals surface area (Å²) in [6.45, 7) is 8.14. The van der Waals surface area contributed by atoms with Crippen molar-refractivity contribution >= 4 is 17.3 Å². The molecule has 2 saturated heterocycles. The van der Waals surface area contributed by atoms with E-state index >= 15 is 0 Å². The van der Waals surface area contributed by atoms with E-state index in [0.717, 1.165) is 25.9 Å². The van der Waals surface area contributed by atoms with Crippen LogP contribution in [-0.4, -0.2) is 56.2 Å². The number of hydrogen-bond donors (Lipinski definition) is 1. The number of esters is 1. The van der Waals surface area contributed by atoms with Gasteiger partial charge in [-0.25, -0.2) is 0 Å². The molecule has 0 amide bonds. The number of piperidine rings is 2. The fourth-order valence-electron chi connectivity index (χ4n) is 4.29. The Labute approximate surface area is 160 Å². The molecule has 1 aromatic carbocycles. The summed E-state index contributed by atoms with van der Waals surface area (Å²) >= 11 is 0. The number of carbonyl (C=O) groups is 1. The molecule has 2 aliphatic rings. The summed E-state index contributed by atoms with van der Waals surface area (Å²) in [6.07, 6.45) is 5.30. The van der Waals surface area contributed by atoms with Crippen molar-refractivity contribution in [3.05, 3.63) is 20.4 Å². The zero-order valence-corrected chi connectivity index (χ0v) is 16.5. The largest absolute Gasteiger partial charge is 0.466 e. The molecule has 0 radical (unpaired) electrons. The van der Waals surface area contributed by atoms with E-state index in [4.69, 9.17) is 4.74 Å². The van der Waals surface area contributed by atoms with Crippen LogP contribution in [0.5, 0.6) is 0 Å². The van der Waals surface area contributed by atoms with Gasteiger partial charge in [-0.1, -0.05) is 6.42 Å². The van der Waals surface area contributed by atoms with Gasteiger partial charge in [0.25, 0.3) is 10.9 Å². The lowest BCUT2D eigenvalue weighted by Crippen LogP contribution is -2.48. The maximum Gasteiger partial charge on any atom is 0.310 e. The smallest absolute Gasteiger partial charge is 0.310 e. The Morgan fingerprint density at radius 1 is 1.15 bits per heavy atom. The van der Waals surface area contributed by atoms with Crippen LogP contribution in [0.15, 0.2) is 9.59 Å². The first-order valence-electron chi connectivity index (χ1n) is 10.3. The van der Waals surface area contributed by atoms with Gasteiger partial charge < -0.3 is 15.0 Å². The van der Waals surface area contributed by atoms with E-state index in [-0.39, 0.29) is 11.9 Å². The van der Waals surface area contributed by atoms with E-state index in [2.05, 4.69) is 17.1 Å². The Kier molecular flexibility index (Phi) is 6.52. The summed E-state index contributed by atoms with van der Waals surface area (Å²) < 4.78 is 5.12. The SMILES string of the molecule is CCOC(=O)[C@@H]1CCCN(c2c(NCCN3CCCC[C@@H]3C)c(=O)c2=O)C1. The molecule has 0 unspecified atom stereocenters. The molecule has 2 fully saturated rings. The number of hydrogen-bond acceptors (Lipinski definition) is 7. The minimum absolute atomic E-state index is 0.213. The van der Waals surface area contributed by atoms with Crippen LogP contribution in [0.25, 0.3) is 0 Å². The summed E-state index contributed by atoms with van der Waals surface area (Å²) in [7, 11) is 0. The van der Waals surface area contributed by atoms with Crippen LogP contribution in [0, 0.1) is 5.92 Å². The van der Waals surface area contributed by atoms with Crippen LogP contribution < -0.4 is 21.1 Å². The van der Waals surface area contributed by atoms with E-state index in [9.17, 15) is 14.4 Å². The standard InChI is InChI=1S/C20H31N3O4/c1-3-27-20(26)15-8-6-11-23(13-15)17-16(18(24)19(17)25)21-9-12-22-10-5-4-7-14(22)2/h14-15,21H,3-13H2,1-2H3/t14-,15+/m0/s1. The van der Waals surface area contributed by atoms with Crippen LogP contribution in [0.1, 0.15) is 46.0 Å². The van der Waals surface area contributed by atoms with Crippen molar-refractivity contribution in [3.8, 4) is 0 Å². The predicted molar refractivity (Wildman–Crippen MR) is 106 cm³/mol. The lowest BCUT2D eigenvalue weighted by atomic mass is 9.96. The molecule has 7 nitrogen and oxygen atoms in total. The number of carbonyl (C=O) groups excluding carboxylic acids is 1. The van der Waals surface area contributed by atoms with Crippen LogP contribution in [-0.2, 0) is 9.53 Å². The molecule has 1 aromatic rings. The molecule has 1 N–H and O–H groups in total. The highest BCUT2D eigenvalue weighted by molar-refractivity contribution is 5.78. The summed E-state index contributed by atoms with van der Waals surface area (Å²) in [5, 5.41) is 3.19. The van der Waals surface area contributed by atoms with Gasteiger partial charge in [-0.05, 0) is 46.1 Å². The Bertz CT molecular complexity index is 725. The van der Waals surface area contributed by atoms with Crippen molar-refractivity contribution in [1.82, 2.24) is 4.90 Å². The highest BCUT2D eigenvalue weighted by Crippen LogP contribution is 2.27. The number of nitrogens with one attached hydrogen (secondary N) is 1. The number of likely N-dealkylation sites (tertiary alicyclic amines) is 1. The quantitative estimate of drug-likeness (QED) is 0.567. The Hall–Kier alpha value is -1.89. The molecule has 150 valence electrons. The average molecular weight is 377 g/mol. The topological polar surface area (TPSA) is 79.0 Å². The number of rotatable bonds is 7. The normalized spacial score (nSPS) is 24.1. The number of anilines is 2. The van der Waals surface area contributed by atoms with Gasteiger partial charge in [-0.3, -0.25) is 19.3 Å². The van der Waals surface area contributed by atoms with E-state index < -0.39 is 10.9 Å². The summed E-state index contributed by atoms with van der Waals surface area (Å²) in [5.74, 6) is -0.445. The Balaban J connectivity index is 1.60. The zero-order valence-electron chi connectivity index (χ0n) is 16.5. The van der Waals surface area contributed by atoms with Gasteiger partial charge in [-0.15, -0.1) is 0 Å². The van der Waals surface area contributed by atoms with Crippen molar-refractivity contribution in [1.29, 1.82) is 0 Å². The molecule has 2 atom stereocenters. The molecule has 27 heavy (non-hydrogen) atoms. The zero-order chi connectivity index (χ0) is 19.4. The average Bonchev–Trinajstić information content (AvgIpc) is 2.68. The predicted octanol–water partition coefficient (Wildman–Crippen LogP) is 1.35. The third kappa shape index (κ3) is 4.34. The van der Waals surface area contributed by atoms with Gasteiger partial charge in [-0.2, -0.15) is 0 Å². The van der Waals surface area contributed by atoms with Gasteiger partial charge >= 0.3 is 5.97 Å². The maximum absolute atomic E-state index is 12.2. The summed E-state index contributed by atoms with van der Waals surface area (Å²) in [5.41, 5.74) is 0.0122. The third-order valence-corrected chi connectivity index (χ3v) is 5.88. The van der Waals surface area contributed by atoms with Gasteiger partial charge in [0.1, 0.15) is 11.4 Å². The second kappa shape index (κ2) is 8.87. The van der Waals surface area contributed by atoms with Gasteiger partial charge in [0.05, 0.1) is 12.5 Å². The minimum Gasteiger partial charge on any atom is -0.466 e. The lowest BCUT2D eigenvalue weighted by Gasteiger charge is -2.35. The van der Waals surface area contributed by atoms with E-state index in [0.29, 0.717) is 43.7 Å². The van der Waals surface area contributed by atoms with Crippen LogP contribution in [0.3, 0.4) is 0 Å². The van der Waals surface area contributed by atoms with Crippen LogP contribution in [0.4, 0.5) is 11.4 Å². The highest BCUT2D eigenvalue weighted by atomic mass is 16.5. The van der Waals surface area contributed by atoms with Crippen molar-refractivity contribution in [2.45, 2.75) is 52.0 Å². The van der Waals surface area contributed by atoms with Crippen LogP contribution >= 0.6 is 0 Å². The molecule has 0 aromatic heterocycles. The van der Waals surface area contributed by atoms with Crippen LogP contribution in [0.2, 0.25) is 0 Å². The molecule has 7 heteroatoms. The first-order chi connectivity index (χ1) is 13.0. The molecular formula is C20H31N3O4. The molecule has 0 spiro atoms. The van der Waals surface area contributed by atoms with Crippen molar-refractivity contribution in [2.75, 3.05) is 49.5 Å². The van der Waals surface area contributed by atoms with E-state index in [1.54, 1.807) is 6.92 Å². The number of nitrogens with zero attached hydrogens (tertiary/aromatic N) is 2. The van der Waals surface area contributed by atoms with Crippen molar-refractivity contribution in [2.24, 2.45) is 5.92 Å². The van der Waals surface area contributed by atoms with Gasteiger partial charge in [0.2, 0.25) is 0 Å². The maximum atomic E-state index is 12.2. The molecule has 0 saturated carbocycles. The van der Waals surface area contributed by atoms with Crippen molar-refractivity contribution < 1.29 is 9.53 Å². The summed E-state index contributed by atoms with van der Waals surface area (Å²) in [4.78, 5) is 40.6. The summed E-state index contributed by atoms with van der Waals surface area (Å²) in [6, 6.07) is 0.570. The molecule has 3 rings (SSSR count). The Morgan fingerprint density at radius 3 is 2.70 bits per heavy atom. The monoisotopic (exact) mass is 377 g/mol. The molecule has 0 bridgehead atoms. The van der Waals surface area contributed by atoms with E-state index in [1.807, 2.05) is 4.90 Å². The fourth-order valence-corrected chi connectivity index (χ4v) is 4.29. The molecule has 2 aliphatic heterocycles. The second-order valence-electron chi connectivity index (χ2n) is 7.73.